The topological polar surface area (TPSA) is 49.4 Å². The minimum Gasteiger partial charge on any atom is -0.191 e. The lowest BCUT2D eigenvalue weighted by Gasteiger charge is -2.30. The number of hydrogen-bond donors (Lipinski definition) is 0. The molecule has 1 heterocycles. The van der Waals surface area contributed by atoms with E-state index < -0.39 is 24.2 Å². The Labute approximate surface area is 81.2 Å². The van der Waals surface area contributed by atoms with E-state index >= 15 is 0 Å². The lowest BCUT2D eigenvalue weighted by molar-refractivity contribution is -0.307. The monoisotopic (exact) mass is 230 g/mol. The minimum atomic E-state index is -5.72. The van der Waals surface area contributed by atoms with Gasteiger partial charge in [0.1, 0.15) is 0 Å². The molecule has 0 amide bonds. The largest absolute Gasteiger partial charge is 0.458 e. The van der Waals surface area contributed by atoms with Gasteiger partial charge in [0.25, 0.3) is 5.66 Å². The molecule has 0 aromatic carbocycles. The van der Waals surface area contributed by atoms with E-state index in [9.17, 15) is 22.0 Å². The molecule has 0 aliphatic carbocycles. The molecular weight excluding hydrogens is 223 g/mol. The van der Waals surface area contributed by atoms with Crippen LogP contribution in [0.2, 0.25) is 0 Å². The van der Waals surface area contributed by atoms with E-state index in [4.69, 9.17) is 0 Å². The van der Waals surface area contributed by atoms with E-state index in [1.807, 2.05) is 0 Å². The molecule has 0 N–H and O–H groups in total. The maximum atomic E-state index is 13.0. The Balaban J connectivity index is 3.11. The fourth-order valence-corrected chi connectivity index (χ4v) is 1.17. The van der Waals surface area contributed by atoms with Crippen molar-refractivity contribution in [2.24, 2.45) is 20.7 Å². The number of alkyl halides is 5. The van der Waals surface area contributed by atoms with E-state index in [1.54, 1.807) is 0 Å². The fraction of sp³-hybridized carbons (Fsp3) is 1.00. The molecule has 0 bridgehead atoms. The van der Waals surface area contributed by atoms with Crippen LogP contribution in [0.15, 0.2) is 20.7 Å². The van der Waals surface area contributed by atoms with Gasteiger partial charge in [0.2, 0.25) is 0 Å². The Morgan fingerprint density at radius 3 is 1.80 bits per heavy atom. The van der Waals surface area contributed by atoms with E-state index in [0.717, 1.165) is 0 Å². The van der Waals surface area contributed by atoms with Crippen molar-refractivity contribution in [3.8, 4) is 0 Å². The number of nitrogens with zero attached hydrogens (tertiary/aromatic N) is 4. The SMILES string of the molecule is CCCC1(C(F)(F)C(F)(F)F)N=NN=N1. The van der Waals surface area contributed by atoms with Gasteiger partial charge < -0.3 is 0 Å². The van der Waals surface area contributed by atoms with Crippen molar-refractivity contribution in [3.63, 3.8) is 0 Å². The Hall–Kier alpha value is -1.15. The first-order valence-corrected chi connectivity index (χ1v) is 4.05. The van der Waals surface area contributed by atoms with Gasteiger partial charge in [-0.1, -0.05) is 13.3 Å². The Morgan fingerprint density at radius 1 is 1.00 bits per heavy atom. The maximum absolute atomic E-state index is 13.0. The van der Waals surface area contributed by atoms with Crippen LogP contribution >= 0.6 is 0 Å². The highest BCUT2D eigenvalue weighted by molar-refractivity contribution is 5.02. The summed E-state index contributed by atoms with van der Waals surface area (Å²) in [6.45, 7) is 1.44. The molecule has 1 aliphatic heterocycles. The molecule has 1 aliphatic rings. The summed E-state index contributed by atoms with van der Waals surface area (Å²) in [7, 11) is 0. The molecule has 9 heteroatoms. The standard InChI is InChI=1S/C6H7F5N4/c1-2-3-4(12-14-15-13-4)5(7,8)6(9,10)11/h2-3H2,1H3. The third kappa shape index (κ3) is 1.70. The summed E-state index contributed by atoms with van der Waals surface area (Å²) >= 11 is 0. The van der Waals surface area contributed by atoms with Crippen molar-refractivity contribution >= 4 is 0 Å². The van der Waals surface area contributed by atoms with Crippen LogP contribution in [0.3, 0.4) is 0 Å². The highest BCUT2D eigenvalue weighted by atomic mass is 19.4. The highest BCUT2D eigenvalue weighted by Gasteiger charge is 2.72. The molecule has 86 valence electrons. The number of rotatable bonds is 3. The molecule has 0 aromatic rings. The third-order valence-corrected chi connectivity index (χ3v) is 1.92. The Morgan fingerprint density at radius 2 is 1.47 bits per heavy atom. The van der Waals surface area contributed by atoms with E-state index in [2.05, 4.69) is 20.7 Å². The van der Waals surface area contributed by atoms with E-state index in [1.165, 1.54) is 6.92 Å². The van der Waals surface area contributed by atoms with Crippen molar-refractivity contribution in [3.05, 3.63) is 0 Å². The smallest absolute Gasteiger partial charge is 0.191 e. The summed E-state index contributed by atoms with van der Waals surface area (Å²) in [5, 5.41) is 11.1. The second-order valence-electron chi connectivity index (χ2n) is 3.02. The molecule has 4 nitrogen and oxygen atoms in total. The summed E-state index contributed by atoms with van der Waals surface area (Å²) in [5.41, 5.74) is -2.92. The van der Waals surface area contributed by atoms with Crippen LogP contribution in [0.1, 0.15) is 19.8 Å². The van der Waals surface area contributed by atoms with Crippen LogP contribution in [0.25, 0.3) is 0 Å². The summed E-state index contributed by atoms with van der Waals surface area (Å²) in [5.74, 6) is -5.06. The van der Waals surface area contributed by atoms with Crippen molar-refractivity contribution < 1.29 is 22.0 Å². The zero-order valence-corrected chi connectivity index (χ0v) is 7.59. The maximum Gasteiger partial charge on any atom is 0.458 e. The number of halogens is 5. The molecule has 0 spiro atoms. The first kappa shape index (κ1) is 11.9. The van der Waals surface area contributed by atoms with Crippen LogP contribution in [-0.4, -0.2) is 17.8 Å². The van der Waals surface area contributed by atoms with Crippen molar-refractivity contribution in [2.45, 2.75) is 37.5 Å². The van der Waals surface area contributed by atoms with Gasteiger partial charge in [0, 0.05) is 6.42 Å². The van der Waals surface area contributed by atoms with E-state index in [-0.39, 0.29) is 6.42 Å². The van der Waals surface area contributed by atoms with Gasteiger partial charge in [0.05, 0.1) is 0 Å². The van der Waals surface area contributed by atoms with Crippen LogP contribution in [0, 0.1) is 0 Å². The number of hydrogen-bond acceptors (Lipinski definition) is 4. The molecular formula is C6H7F5N4. The lowest BCUT2D eigenvalue weighted by atomic mass is 9.97. The fourth-order valence-electron chi connectivity index (χ4n) is 1.17. The van der Waals surface area contributed by atoms with Gasteiger partial charge in [0.15, 0.2) is 0 Å². The van der Waals surface area contributed by atoms with Crippen LogP contribution in [0.5, 0.6) is 0 Å². The second-order valence-corrected chi connectivity index (χ2v) is 3.02. The molecule has 0 aromatic heterocycles. The highest BCUT2D eigenvalue weighted by Crippen LogP contribution is 2.49. The molecule has 0 atom stereocenters. The van der Waals surface area contributed by atoms with Gasteiger partial charge in [-0.2, -0.15) is 22.0 Å². The van der Waals surface area contributed by atoms with Crippen molar-refractivity contribution in [1.29, 1.82) is 0 Å². The third-order valence-electron chi connectivity index (χ3n) is 1.92. The summed E-state index contributed by atoms with van der Waals surface area (Å²) < 4.78 is 62.4. The van der Waals surface area contributed by atoms with Crippen LogP contribution in [-0.2, 0) is 0 Å². The zero-order chi connectivity index (χ0) is 11.7. The Kier molecular flexibility index (Phi) is 2.75. The Bertz CT molecular complexity index is 282. The van der Waals surface area contributed by atoms with Crippen molar-refractivity contribution in [2.75, 3.05) is 0 Å². The second kappa shape index (κ2) is 3.46. The molecule has 0 saturated carbocycles. The normalized spacial score (nSPS) is 19.9. The van der Waals surface area contributed by atoms with Crippen molar-refractivity contribution in [1.82, 2.24) is 0 Å². The van der Waals surface area contributed by atoms with E-state index in [0.29, 0.717) is 0 Å². The van der Waals surface area contributed by atoms with Gasteiger partial charge in [-0.05, 0) is 10.4 Å². The summed E-state index contributed by atoms with van der Waals surface area (Å²) in [6, 6.07) is 0. The predicted molar refractivity (Wildman–Crippen MR) is 38.4 cm³/mol. The van der Waals surface area contributed by atoms with Gasteiger partial charge in [-0.3, -0.25) is 0 Å². The van der Waals surface area contributed by atoms with Crippen LogP contribution in [0.4, 0.5) is 22.0 Å². The summed E-state index contributed by atoms with van der Waals surface area (Å²) in [4.78, 5) is 0. The van der Waals surface area contributed by atoms with Crippen LogP contribution < -0.4 is 0 Å². The van der Waals surface area contributed by atoms with Gasteiger partial charge in [-0.25, -0.2) is 0 Å². The average Bonchev–Trinajstić information content (AvgIpc) is 2.53. The first-order valence-electron chi connectivity index (χ1n) is 4.05. The lowest BCUT2D eigenvalue weighted by Crippen LogP contribution is -2.54. The zero-order valence-electron chi connectivity index (χ0n) is 7.59. The summed E-state index contributed by atoms with van der Waals surface area (Å²) in [6.07, 6.45) is -6.22. The molecule has 0 fully saturated rings. The van der Waals surface area contributed by atoms with Gasteiger partial charge >= 0.3 is 12.1 Å². The quantitative estimate of drug-likeness (QED) is 0.666. The molecule has 0 radical (unpaired) electrons. The predicted octanol–water partition coefficient (Wildman–Crippen LogP) is 3.51. The first-order chi connectivity index (χ1) is 6.77. The average molecular weight is 230 g/mol. The molecule has 0 saturated heterocycles. The molecule has 1 rings (SSSR count). The van der Waals surface area contributed by atoms with Gasteiger partial charge in [-0.15, -0.1) is 10.2 Å². The molecule has 0 unspecified atom stereocenters. The minimum absolute atomic E-state index is 0.0592. The molecule has 15 heavy (non-hydrogen) atoms.